The van der Waals surface area contributed by atoms with Crippen molar-refractivity contribution in [2.24, 2.45) is 16.2 Å². The molecule has 0 atom stereocenters. The smallest absolute Gasteiger partial charge is 0.434 e. The van der Waals surface area contributed by atoms with Gasteiger partial charge in [-0.1, -0.05) is 20.8 Å². The van der Waals surface area contributed by atoms with Crippen LogP contribution in [0.5, 0.6) is 0 Å². The third-order valence-corrected chi connectivity index (χ3v) is 8.55. The number of carbonyl (C=O) groups excluding carboxylic acids is 3. The van der Waals surface area contributed by atoms with Gasteiger partial charge >= 0.3 is 18.5 Å². The number of hydrogen-bond acceptors (Lipinski definition) is 12. The third-order valence-electron chi connectivity index (χ3n) is 8.55. The van der Waals surface area contributed by atoms with Crippen LogP contribution in [0.25, 0.3) is 0 Å². The summed E-state index contributed by atoms with van der Waals surface area (Å²) in [5, 5.41) is 0. The molecule has 0 N–H and O–H groups in total. The largest absolute Gasteiger partial charge is 0.508 e. The molecule has 0 spiro atoms. The molecule has 0 aromatic heterocycles. The van der Waals surface area contributed by atoms with Gasteiger partial charge in [0.25, 0.3) is 0 Å². The summed E-state index contributed by atoms with van der Waals surface area (Å²) < 4.78 is 48.5. The zero-order valence-corrected chi connectivity index (χ0v) is 23.2. The van der Waals surface area contributed by atoms with Crippen LogP contribution in [0, 0.1) is 16.2 Å². The highest BCUT2D eigenvalue weighted by atomic mass is 16.8. The average molecular weight is 559 g/mol. The molecule has 4 rings (SSSR count). The summed E-state index contributed by atoms with van der Waals surface area (Å²) in [5.41, 5.74) is -0.544. The quantitative estimate of drug-likeness (QED) is 0.253. The summed E-state index contributed by atoms with van der Waals surface area (Å²) in [6.07, 6.45) is -1.44. The van der Waals surface area contributed by atoms with Gasteiger partial charge in [-0.2, -0.15) is 0 Å². The normalized spacial score (nSPS) is 27.9. The van der Waals surface area contributed by atoms with Crippen molar-refractivity contribution in [1.29, 1.82) is 0 Å². The van der Waals surface area contributed by atoms with Gasteiger partial charge in [0, 0.05) is 19.3 Å². The van der Waals surface area contributed by atoms with Crippen molar-refractivity contribution in [2.75, 3.05) is 59.5 Å². The van der Waals surface area contributed by atoms with E-state index in [2.05, 4.69) is 0 Å². The SMILES string of the molecule is CCC1(COC(=O)OC2CC(OC(=O)OCC3(CC)COC3)CC(OC(=O)OCC3(CC)COC3)C2)COC1. The van der Waals surface area contributed by atoms with E-state index >= 15 is 0 Å². The summed E-state index contributed by atoms with van der Waals surface area (Å²) in [6, 6.07) is 0. The zero-order valence-electron chi connectivity index (χ0n) is 23.2. The summed E-state index contributed by atoms with van der Waals surface area (Å²) in [4.78, 5) is 37.4. The molecule has 12 heteroatoms. The van der Waals surface area contributed by atoms with E-state index in [-0.39, 0.29) is 55.3 Å². The van der Waals surface area contributed by atoms with E-state index in [1.807, 2.05) is 20.8 Å². The first kappa shape index (κ1) is 29.7. The van der Waals surface area contributed by atoms with Crippen molar-refractivity contribution < 1.29 is 57.0 Å². The lowest BCUT2D eigenvalue weighted by molar-refractivity contribution is -0.152. The molecule has 39 heavy (non-hydrogen) atoms. The predicted octanol–water partition coefficient (Wildman–Crippen LogP) is 4.02. The van der Waals surface area contributed by atoms with Crippen molar-refractivity contribution in [3.05, 3.63) is 0 Å². The minimum atomic E-state index is -0.825. The number of hydrogen-bond donors (Lipinski definition) is 0. The van der Waals surface area contributed by atoms with Crippen LogP contribution in [-0.4, -0.2) is 96.2 Å². The molecule has 1 aliphatic carbocycles. The molecule has 3 aliphatic heterocycles. The predicted molar refractivity (Wildman–Crippen MR) is 133 cm³/mol. The minimum absolute atomic E-state index is 0.181. The molecule has 4 fully saturated rings. The molecule has 3 heterocycles. The van der Waals surface area contributed by atoms with Gasteiger partial charge < -0.3 is 42.6 Å². The minimum Gasteiger partial charge on any atom is -0.434 e. The van der Waals surface area contributed by atoms with E-state index < -0.39 is 36.8 Å². The first-order valence-corrected chi connectivity index (χ1v) is 14.0. The van der Waals surface area contributed by atoms with Crippen LogP contribution < -0.4 is 0 Å². The highest BCUT2D eigenvalue weighted by molar-refractivity contribution is 5.61. The van der Waals surface area contributed by atoms with Crippen LogP contribution in [0.1, 0.15) is 59.3 Å². The first-order valence-electron chi connectivity index (χ1n) is 14.0. The molecule has 12 nitrogen and oxygen atoms in total. The van der Waals surface area contributed by atoms with Crippen LogP contribution in [0.3, 0.4) is 0 Å². The number of carbonyl (C=O) groups is 3. The molecule has 0 radical (unpaired) electrons. The van der Waals surface area contributed by atoms with Crippen molar-refractivity contribution in [1.82, 2.24) is 0 Å². The average Bonchev–Trinajstić information content (AvgIpc) is 2.82. The van der Waals surface area contributed by atoms with Gasteiger partial charge in [0.1, 0.15) is 38.1 Å². The topological polar surface area (TPSA) is 134 Å². The monoisotopic (exact) mass is 558 g/mol. The van der Waals surface area contributed by atoms with Gasteiger partial charge in [-0.3, -0.25) is 0 Å². The van der Waals surface area contributed by atoms with Crippen LogP contribution >= 0.6 is 0 Å². The van der Waals surface area contributed by atoms with E-state index in [1.165, 1.54) is 0 Å². The molecule has 4 aliphatic rings. The Hall–Kier alpha value is -2.31. The number of ether oxygens (including phenoxy) is 9. The van der Waals surface area contributed by atoms with Crippen LogP contribution in [0.15, 0.2) is 0 Å². The van der Waals surface area contributed by atoms with Crippen LogP contribution in [-0.2, 0) is 42.6 Å². The van der Waals surface area contributed by atoms with Crippen molar-refractivity contribution >= 4 is 18.5 Å². The highest BCUT2D eigenvalue weighted by Gasteiger charge is 2.42. The summed E-state index contributed by atoms with van der Waals surface area (Å²) in [5.74, 6) is 0. The molecular weight excluding hydrogens is 516 g/mol. The maximum Gasteiger partial charge on any atom is 0.508 e. The van der Waals surface area contributed by atoms with E-state index in [0.29, 0.717) is 39.6 Å². The van der Waals surface area contributed by atoms with Gasteiger partial charge in [-0.05, 0) is 19.3 Å². The second-order valence-corrected chi connectivity index (χ2v) is 11.6. The molecule has 0 unspecified atom stereocenters. The Balaban J connectivity index is 1.29. The van der Waals surface area contributed by atoms with E-state index in [9.17, 15) is 14.4 Å². The van der Waals surface area contributed by atoms with Crippen LogP contribution in [0.2, 0.25) is 0 Å². The molecule has 3 saturated heterocycles. The summed E-state index contributed by atoms with van der Waals surface area (Å²) in [6.45, 7) is 9.84. The highest BCUT2D eigenvalue weighted by Crippen LogP contribution is 2.34. The maximum absolute atomic E-state index is 12.5. The standard InChI is InChI=1S/C27H42O12/c1-4-25(10-31-11-25)16-34-22(28)37-19-7-20(38-23(29)35-17-26(5-2)12-32-13-26)9-21(8-19)39-24(30)36-18-27(6-3)14-33-15-27/h19-21H,4-18H2,1-3H3. The Morgan fingerprint density at radius 3 is 0.974 bits per heavy atom. The Bertz CT molecular complexity index is 716. The van der Waals surface area contributed by atoms with Gasteiger partial charge in [0.2, 0.25) is 0 Å². The fraction of sp³-hybridized carbons (Fsp3) is 0.889. The summed E-state index contributed by atoms with van der Waals surface area (Å²) >= 11 is 0. The van der Waals surface area contributed by atoms with E-state index in [4.69, 9.17) is 42.6 Å². The molecule has 222 valence electrons. The third kappa shape index (κ3) is 7.67. The maximum atomic E-state index is 12.5. The lowest BCUT2D eigenvalue weighted by atomic mass is 9.84. The molecule has 0 bridgehead atoms. The Morgan fingerprint density at radius 1 is 0.538 bits per heavy atom. The fourth-order valence-corrected chi connectivity index (χ4v) is 4.94. The molecule has 0 aromatic rings. The van der Waals surface area contributed by atoms with E-state index in [0.717, 1.165) is 19.3 Å². The summed E-state index contributed by atoms with van der Waals surface area (Å²) in [7, 11) is 0. The molecule has 1 saturated carbocycles. The van der Waals surface area contributed by atoms with Gasteiger partial charge in [0.15, 0.2) is 0 Å². The van der Waals surface area contributed by atoms with Crippen molar-refractivity contribution in [3.8, 4) is 0 Å². The Kier molecular flexibility index (Phi) is 9.82. The van der Waals surface area contributed by atoms with Crippen molar-refractivity contribution in [2.45, 2.75) is 77.6 Å². The molecule has 0 amide bonds. The second-order valence-electron chi connectivity index (χ2n) is 11.6. The second kappa shape index (κ2) is 12.9. The number of rotatable bonds is 12. The molecular formula is C27H42O12. The lowest BCUT2D eigenvalue weighted by Crippen LogP contribution is -2.47. The van der Waals surface area contributed by atoms with Gasteiger partial charge in [-0.15, -0.1) is 0 Å². The zero-order chi connectivity index (χ0) is 27.9. The van der Waals surface area contributed by atoms with E-state index in [1.54, 1.807) is 0 Å². The first-order chi connectivity index (χ1) is 18.7. The lowest BCUT2D eigenvalue weighted by Gasteiger charge is -2.40. The van der Waals surface area contributed by atoms with Gasteiger partial charge in [0.05, 0.1) is 55.9 Å². The Labute approximate surface area is 229 Å². The van der Waals surface area contributed by atoms with Gasteiger partial charge in [-0.25, -0.2) is 14.4 Å². The fourth-order valence-electron chi connectivity index (χ4n) is 4.94. The molecule has 0 aromatic carbocycles. The van der Waals surface area contributed by atoms with Crippen LogP contribution in [0.4, 0.5) is 14.4 Å². The van der Waals surface area contributed by atoms with Crippen molar-refractivity contribution in [3.63, 3.8) is 0 Å². The Morgan fingerprint density at radius 2 is 0.795 bits per heavy atom.